The highest BCUT2D eigenvalue weighted by Crippen LogP contribution is 2.43. The number of rotatable bonds is 1. The molecule has 0 spiro atoms. The molecule has 7 heteroatoms. The van der Waals surface area contributed by atoms with Crippen molar-refractivity contribution in [2.75, 3.05) is 13.2 Å². The largest absolute Gasteiger partial charge is 0.381 e. The van der Waals surface area contributed by atoms with Crippen molar-refractivity contribution in [1.82, 2.24) is 19.1 Å². The Labute approximate surface area is 120 Å². The van der Waals surface area contributed by atoms with Crippen LogP contribution in [0.1, 0.15) is 18.9 Å². The van der Waals surface area contributed by atoms with Crippen LogP contribution in [-0.4, -0.2) is 32.3 Å². The van der Waals surface area contributed by atoms with Crippen LogP contribution in [0.15, 0.2) is 11.0 Å². The molecule has 3 heterocycles. The Bertz CT molecular complexity index is 726. The maximum Gasteiger partial charge on any atom is 0.330 e. The zero-order chi connectivity index (χ0) is 13.9. The Hall–Kier alpha value is -1.40. The third-order valence-electron chi connectivity index (χ3n) is 4.65. The maximum atomic E-state index is 12.5. The van der Waals surface area contributed by atoms with E-state index < -0.39 is 0 Å². The molecule has 2 aromatic heterocycles. The highest BCUT2D eigenvalue weighted by atomic mass is 35.5. The number of halogens is 1. The predicted molar refractivity (Wildman–Crippen MR) is 73.8 cm³/mol. The Balaban J connectivity index is 1.85. The van der Waals surface area contributed by atoms with Gasteiger partial charge in [-0.15, -0.1) is 0 Å². The first-order chi connectivity index (χ1) is 9.65. The van der Waals surface area contributed by atoms with E-state index in [1.165, 1.54) is 0 Å². The molecule has 6 nitrogen and oxygen atoms in total. The predicted octanol–water partition coefficient (Wildman–Crippen LogP) is 1.38. The third kappa shape index (κ3) is 1.64. The van der Waals surface area contributed by atoms with Crippen LogP contribution >= 0.6 is 11.6 Å². The number of hydrogen-bond acceptors (Lipinski definition) is 4. The number of fused-ring (bicyclic) bond motifs is 2. The molecule has 0 unspecified atom stereocenters. The molecule has 2 fully saturated rings. The Morgan fingerprint density at radius 3 is 2.75 bits per heavy atom. The number of hydrogen-bond donors (Lipinski definition) is 0. The molecule has 20 heavy (non-hydrogen) atoms. The van der Waals surface area contributed by atoms with Gasteiger partial charge in [-0.05, 0) is 36.3 Å². The van der Waals surface area contributed by atoms with Crippen molar-refractivity contribution in [2.24, 2.45) is 18.9 Å². The van der Waals surface area contributed by atoms with Crippen molar-refractivity contribution in [2.45, 2.75) is 18.9 Å². The number of ether oxygens (including phenoxy) is 1. The van der Waals surface area contributed by atoms with Gasteiger partial charge in [0.2, 0.25) is 5.28 Å². The first kappa shape index (κ1) is 12.3. The fraction of sp³-hybridized carbons (Fsp3) is 0.615. The molecule has 1 saturated heterocycles. The summed E-state index contributed by atoms with van der Waals surface area (Å²) in [4.78, 5) is 20.7. The van der Waals surface area contributed by atoms with E-state index in [9.17, 15) is 4.79 Å². The van der Waals surface area contributed by atoms with E-state index in [2.05, 4.69) is 9.97 Å². The van der Waals surface area contributed by atoms with Crippen molar-refractivity contribution in [3.63, 3.8) is 0 Å². The van der Waals surface area contributed by atoms with Crippen LogP contribution in [0.5, 0.6) is 0 Å². The highest BCUT2D eigenvalue weighted by molar-refractivity contribution is 6.28. The fourth-order valence-electron chi connectivity index (χ4n) is 3.61. The average molecular weight is 295 g/mol. The van der Waals surface area contributed by atoms with Crippen LogP contribution in [0, 0.1) is 11.8 Å². The minimum absolute atomic E-state index is 0.0394. The number of nitrogens with zero attached hydrogens (tertiary/aromatic N) is 4. The second-order valence-corrected chi connectivity index (χ2v) is 6.08. The monoisotopic (exact) mass is 294 g/mol. The van der Waals surface area contributed by atoms with Crippen LogP contribution in [0.4, 0.5) is 0 Å². The molecule has 106 valence electrons. The van der Waals surface area contributed by atoms with E-state index in [-0.39, 0.29) is 17.0 Å². The van der Waals surface area contributed by atoms with Gasteiger partial charge in [-0.3, -0.25) is 9.13 Å². The van der Waals surface area contributed by atoms with Crippen LogP contribution in [-0.2, 0) is 11.8 Å². The molecule has 0 aromatic carbocycles. The smallest absolute Gasteiger partial charge is 0.330 e. The fourth-order valence-corrected chi connectivity index (χ4v) is 3.74. The molecule has 2 atom stereocenters. The second-order valence-electron chi connectivity index (χ2n) is 5.74. The van der Waals surface area contributed by atoms with Gasteiger partial charge in [0.15, 0.2) is 5.65 Å². The lowest BCUT2D eigenvalue weighted by Crippen LogP contribution is -2.25. The van der Waals surface area contributed by atoms with Crippen molar-refractivity contribution >= 4 is 22.8 Å². The first-order valence-electron chi connectivity index (χ1n) is 6.82. The summed E-state index contributed by atoms with van der Waals surface area (Å²) in [5, 5.41) is 0.179. The van der Waals surface area contributed by atoms with Crippen LogP contribution < -0.4 is 5.69 Å². The van der Waals surface area contributed by atoms with Gasteiger partial charge < -0.3 is 4.74 Å². The van der Waals surface area contributed by atoms with Crippen LogP contribution in [0.3, 0.4) is 0 Å². The number of aromatic nitrogens is 4. The lowest BCUT2D eigenvalue weighted by atomic mass is 10.0. The molecule has 0 amide bonds. The molecule has 2 aliphatic rings. The SMILES string of the molecule is Cn1c(=O)n(C2C[C@@H]3COC[C@H]3C2)c2nc(Cl)ncc21. The summed E-state index contributed by atoms with van der Waals surface area (Å²) < 4.78 is 8.88. The molecule has 0 radical (unpaired) electrons. The summed E-state index contributed by atoms with van der Waals surface area (Å²) in [6.45, 7) is 1.63. The molecule has 0 bridgehead atoms. The van der Waals surface area contributed by atoms with Gasteiger partial charge in [-0.25, -0.2) is 9.78 Å². The highest BCUT2D eigenvalue weighted by Gasteiger charge is 2.40. The van der Waals surface area contributed by atoms with Gasteiger partial charge in [0, 0.05) is 26.3 Å². The molecular formula is C13H15ClN4O2. The summed E-state index contributed by atoms with van der Waals surface area (Å²) in [5.41, 5.74) is 1.33. The summed E-state index contributed by atoms with van der Waals surface area (Å²) in [7, 11) is 1.75. The summed E-state index contributed by atoms with van der Waals surface area (Å²) in [6, 6.07) is 0.191. The van der Waals surface area contributed by atoms with Crippen molar-refractivity contribution in [1.29, 1.82) is 0 Å². The van der Waals surface area contributed by atoms with Crippen molar-refractivity contribution < 1.29 is 4.74 Å². The van der Waals surface area contributed by atoms with E-state index in [1.54, 1.807) is 22.4 Å². The molecule has 1 aliphatic heterocycles. The van der Waals surface area contributed by atoms with Gasteiger partial charge >= 0.3 is 5.69 Å². The van der Waals surface area contributed by atoms with Gasteiger partial charge in [-0.2, -0.15) is 4.98 Å². The van der Waals surface area contributed by atoms with Gasteiger partial charge in [0.05, 0.1) is 6.20 Å². The third-order valence-corrected chi connectivity index (χ3v) is 4.83. The normalized spacial score (nSPS) is 26.5. The topological polar surface area (TPSA) is 61.9 Å². The van der Waals surface area contributed by atoms with Crippen LogP contribution in [0.2, 0.25) is 5.28 Å². The Morgan fingerprint density at radius 1 is 1.35 bits per heavy atom. The summed E-state index contributed by atoms with van der Waals surface area (Å²) in [6.07, 6.45) is 3.57. The second kappa shape index (κ2) is 4.30. The lowest BCUT2D eigenvalue weighted by molar-refractivity contribution is 0.167. The molecule has 0 N–H and O–H groups in total. The van der Waals surface area contributed by atoms with E-state index in [0.29, 0.717) is 17.5 Å². The van der Waals surface area contributed by atoms with E-state index in [1.807, 2.05) is 0 Å². The van der Waals surface area contributed by atoms with E-state index in [4.69, 9.17) is 16.3 Å². The summed E-state index contributed by atoms with van der Waals surface area (Å²) >= 11 is 5.89. The molecule has 4 rings (SSSR count). The number of imidazole rings is 1. The first-order valence-corrected chi connectivity index (χ1v) is 7.20. The van der Waals surface area contributed by atoms with Gasteiger partial charge in [0.1, 0.15) is 5.52 Å². The standard InChI is InChI=1S/C13H15ClN4O2/c1-17-10-4-15-12(14)16-11(10)18(13(17)19)9-2-7-5-20-6-8(7)3-9/h4,7-9H,2-3,5-6H2,1H3/t7-,8-/m1/s1. The van der Waals surface area contributed by atoms with E-state index >= 15 is 0 Å². The molecule has 2 aromatic rings. The maximum absolute atomic E-state index is 12.5. The van der Waals surface area contributed by atoms with Gasteiger partial charge in [0.25, 0.3) is 0 Å². The molecule has 1 aliphatic carbocycles. The zero-order valence-electron chi connectivity index (χ0n) is 11.1. The Morgan fingerprint density at radius 2 is 2.05 bits per heavy atom. The quantitative estimate of drug-likeness (QED) is 0.746. The molecule has 1 saturated carbocycles. The Kier molecular flexibility index (Phi) is 2.65. The minimum Gasteiger partial charge on any atom is -0.381 e. The van der Waals surface area contributed by atoms with Crippen LogP contribution in [0.25, 0.3) is 11.2 Å². The molecular weight excluding hydrogens is 280 g/mol. The average Bonchev–Trinajstić information content (AvgIpc) is 3.04. The number of aryl methyl sites for hydroxylation is 1. The zero-order valence-corrected chi connectivity index (χ0v) is 11.9. The summed E-state index contributed by atoms with van der Waals surface area (Å²) in [5.74, 6) is 1.14. The minimum atomic E-state index is -0.0394. The van der Waals surface area contributed by atoms with Crippen molar-refractivity contribution in [3.8, 4) is 0 Å². The van der Waals surface area contributed by atoms with E-state index in [0.717, 1.165) is 31.6 Å². The van der Waals surface area contributed by atoms with Crippen molar-refractivity contribution in [3.05, 3.63) is 22.0 Å². The lowest BCUT2D eigenvalue weighted by Gasteiger charge is -2.12. The van der Waals surface area contributed by atoms with Gasteiger partial charge in [-0.1, -0.05) is 0 Å².